The van der Waals surface area contributed by atoms with Crippen molar-refractivity contribution in [3.05, 3.63) is 48.0 Å². The zero-order chi connectivity index (χ0) is 11.9. The summed E-state index contributed by atoms with van der Waals surface area (Å²) in [6.07, 6.45) is 6.89. The lowest BCUT2D eigenvalue weighted by atomic mass is 10.1. The van der Waals surface area contributed by atoms with Crippen LogP contribution in [0.1, 0.15) is 25.3 Å². The van der Waals surface area contributed by atoms with E-state index in [1.165, 1.54) is 5.56 Å². The average Bonchev–Trinajstić information content (AvgIpc) is 2.36. The Balaban J connectivity index is 1.63. The number of hydrogen-bond donors (Lipinski definition) is 0. The monoisotopic (exact) mass is 232 g/mol. The summed E-state index contributed by atoms with van der Waals surface area (Å²) in [5.41, 5.74) is 1.22. The molecule has 0 fully saturated rings. The minimum absolute atomic E-state index is 0.231. The lowest BCUT2D eigenvalue weighted by Gasteiger charge is -2.23. The molecule has 0 saturated heterocycles. The van der Waals surface area contributed by atoms with Gasteiger partial charge >= 0.3 is 0 Å². The van der Waals surface area contributed by atoms with Crippen LogP contribution in [0.15, 0.2) is 42.5 Å². The fraction of sp³-hybridized carbons (Fsp3) is 0.467. The van der Waals surface area contributed by atoms with Crippen LogP contribution in [0.3, 0.4) is 0 Å². The van der Waals surface area contributed by atoms with E-state index in [0.717, 1.165) is 19.4 Å². The molecule has 2 rings (SSSR count). The third-order valence-corrected chi connectivity index (χ3v) is 2.88. The maximum atomic E-state index is 5.77. The molecule has 1 aromatic carbocycles. The second-order valence-corrected chi connectivity index (χ2v) is 4.48. The van der Waals surface area contributed by atoms with Crippen LogP contribution >= 0.6 is 0 Å². The topological polar surface area (TPSA) is 18.5 Å². The third-order valence-electron chi connectivity index (χ3n) is 2.88. The zero-order valence-corrected chi connectivity index (χ0v) is 10.3. The molecule has 1 aliphatic heterocycles. The minimum Gasteiger partial charge on any atom is -0.377 e. The first-order valence-corrected chi connectivity index (χ1v) is 6.28. The van der Waals surface area contributed by atoms with E-state index in [1.807, 2.05) is 18.2 Å². The molecule has 0 bridgehead atoms. The normalized spacial score (nSPS) is 23.8. The summed E-state index contributed by atoms with van der Waals surface area (Å²) >= 11 is 0. The Morgan fingerprint density at radius 2 is 2.12 bits per heavy atom. The Bertz CT molecular complexity index is 345. The van der Waals surface area contributed by atoms with Gasteiger partial charge < -0.3 is 9.47 Å². The summed E-state index contributed by atoms with van der Waals surface area (Å²) in [5, 5.41) is 0. The quantitative estimate of drug-likeness (QED) is 0.572. The second kappa shape index (κ2) is 6.58. The molecule has 92 valence electrons. The van der Waals surface area contributed by atoms with Gasteiger partial charge in [0.15, 0.2) is 0 Å². The summed E-state index contributed by atoms with van der Waals surface area (Å²) < 4.78 is 11.4. The number of benzene rings is 1. The predicted octanol–water partition coefficient (Wildman–Crippen LogP) is 3.33. The van der Waals surface area contributed by atoms with Crippen molar-refractivity contribution in [3.8, 4) is 0 Å². The van der Waals surface area contributed by atoms with Crippen LogP contribution in [-0.4, -0.2) is 18.8 Å². The average molecular weight is 232 g/mol. The van der Waals surface area contributed by atoms with E-state index in [2.05, 4.69) is 31.2 Å². The number of hydrogen-bond acceptors (Lipinski definition) is 2. The van der Waals surface area contributed by atoms with E-state index in [9.17, 15) is 0 Å². The van der Waals surface area contributed by atoms with Gasteiger partial charge in [0.2, 0.25) is 0 Å². The standard InChI is InChI=1S/C15H20O2/c1-13-6-5-9-15(17-13)10-11-16-12-14-7-3-2-4-8-14/h2-5,7-9,13,15H,6,10-12H2,1H3/t13-,15-/m0/s1. The lowest BCUT2D eigenvalue weighted by molar-refractivity contribution is -0.00474. The van der Waals surface area contributed by atoms with Gasteiger partial charge in [-0.15, -0.1) is 0 Å². The number of rotatable bonds is 5. The van der Waals surface area contributed by atoms with Crippen molar-refractivity contribution in [1.82, 2.24) is 0 Å². The smallest absolute Gasteiger partial charge is 0.0781 e. The molecule has 1 aliphatic rings. The van der Waals surface area contributed by atoms with Gasteiger partial charge in [0, 0.05) is 13.0 Å². The van der Waals surface area contributed by atoms with Crippen molar-refractivity contribution >= 4 is 0 Å². The second-order valence-electron chi connectivity index (χ2n) is 4.48. The van der Waals surface area contributed by atoms with Gasteiger partial charge in [-0.05, 0) is 18.9 Å². The van der Waals surface area contributed by atoms with Crippen molar-refractivity contribution in [1.29, 1.82) is 0 Å². The molecular weight excluding hydrogens is 212 g/mol. The van der Waals surface area contributed by atoms with Gasteiger partial charge in [-0.2, -0.15) is 0 Å². The summed E-state index contributed by atoms with van der Waals surface area (Å²) in [6.45, 7) is 3.55. The van der Waals surface area contributed by atoms with Crippen molar-refractivity contribution in [2.24, 2.45) is 0 Å². The predicted molar refractivity (Wildman–Crippen MR) is 68.8 cm³/mol. The van der Waals surface area contributed by atoms with E-state index >= 15 is 0 Å². The molecule has 0 unspecified atom stereocenters. The molecule has 0 spiro atoms. The minimum atomic E-state index is 0.231. The van der Waals surface area contributed by atoms with Crippen molar-refractivity contribution in [3.63, 3.8) is 0 Å². The Morgan fingerprint density at radius 3 is 2.88 bits per heavy atom. The van der Waals surface area contributed by atoms with Gasteiger partial charge in [-0.3, -0.25) is 0 Å². The summed E-state index contributed by atoms with van der Waals surface area (Å²) in [4.78, 5) is 0. The molecule has 2 nitrogen and oxygen atoms in total. The summed E-state index contributed by atoms with van der Waals surface area (Å²) in [6, 6.07) is 10.3. The van der Waals surface area contributed by atoms with Crippen molar-refractivity contribution < 1.29 is 9.47 Å². The maximum Gasteiger partial charge on any atom is 0.0781 e. The van der Waals surface area contributed by atoms with Crippen LogP contribution < -0.4 is 0 Å². The van der Waals surface area contributed by atoms with E-state index in [-0.39, 0.29) is 6.10 Å². The number of ether oxygens (including phenoxy) is 2. The molecule has 0 N–H and O–H groups in total. The largest absolute Gasteiger partial charge is 0.377 e. The van der Waals surface area contributed by atoms with E-state index in [0.29, 0.717) is 12.7 Å². The lowest BCUT2D eigenvalue weighted by Crippen LogP contribution is -2.22. The van der Waals surface area contributed by atoms with Crippen LogP contribution in [0, 0.1) is 0 Å². The summed E-state index contributed by atoms with van der Waals surface area (Å²) in [7, 11) is 0. The first kappa shape index (κ1) is 12.3. The molecule has 2 heteroatoms. The molecule has 0 radical (unpaired) electrons. The molecule has 17 heavy (non-hydrogen) atoms. The van der Waals surface area contributed by atoms with Gasteiger partial charge in [0.05, 0.1) is 18.8 Å². The van der Waals surface area contributed by atoms with Gasteiger partial charge in [0.1, 0.15) is 0 Å². The third kappa shape index (κ3) is 4.33. The van der Waals surface area contributed by atoms with Gasteiger partial charge in [-0.25, -0.2) is 0 Å². The fourth-order valence-corrected chi connectivity index (χ4v) is 1.95. The van der Waals surface area contributed by atoms with Crippen LogP contribution in [-0.2, 0) is 16.1 Å². The highest BCUT2D eigenvalue weighted by Gasteiger charge is 2.13. The molecule has 0 saturated carbocycles. The molecular formula is C15H20O2. The Kier molecular flexibility index (Phi) is 4.77. The van der Waals surface area contributed by atoms with Crippen LogP contribution in [0.2, 0.25) is 0 Å². The molecule has 1 aromatic rings. The van der Waals surface area contributed by atoms with Crippen molar-refractivity contribution in [2.45, 2.75) is 38.6 Å². The summed E-state index contributed by atoms with van der Waals surface area (Å²) in [5.74, 6) is 0. The first-order chi connectivity index (χ1) is 8.34. The van der Waals surface area contributed by atoms with Crippen LogP contribution in [0.5, 0.6) is 0 Å². The molecule has 2 atom stereocenters. The fourth-order valence-electron chi connectivity index (χ4n) is 1.95. The highest BCUT2D eigenvalue weighted by Crippen LogP contribution is 2.14. The SMILES string of the molecule is C[C@H]1CC=C[C@@H](CCOCc2ccccc2)O1. The van der Waals surface area contributed by atoms with Gasteiger partial charge in [-0.1, -0.05) is 42.5 Å². The van der Waals surface area contributed by atoms with E-state index in [4.69, 9.17) is 9.47 Å². The van der Waals surface area contributed by atoms with Crippen molar-refractivity contribution in [2.75, 3.05) is 6.61 Å². The highest BCUT2D eigenvalue weighted by molar-refractivity contribution is 5.13. The van der Waals surface area contributed by atoms with Gasteiger partial charge in [0.25, 0.3) is 0 Å². The molecule has 0 aromatic heterocycles. The van der Waals surface area contributed by atoms with E-state index < -0.39 is 0 Å². The highest BCUT2D eigenvalue weighted by atomic mass is 16.5. The van der Waals surface area contributed by atoms with Crippen LogP contribution in [0.4, 0.5) is 0 Å². The molecule has 1 heterocycles. The molecule has 0 aliphatic carbocycles. The molecule has 0 amide bonds. The van der Waals surface area contributed by atoms with E-state index in [1.54, 1.807) is 0 Å². The Hall–Kier alpha value is -1.12. The maximum absolute atomic E-state index is 5.77. The Labute approximate surface area is 103 Å². The zero-order valence-electron chi connectivity index (χ0n) is 10.3. The first-order valence-electron chi connectivity index (χ1n) is 6.28. The van der Waals surface area contributed by atoms with Crippen LogP contribution in [0.25, 0.3) is 0 Å². The Morgan fingerprint density at radius 1 is 1.29 bits per heavy atom.